The third-order valence-corrected chi connectivity index (χ3v) is 5.74. The second-order valence-corrected chi connectivity index (χ2v) is 7.30. The van der Waals surface area contributed by atoms with Gasteiger partial charge in [0.15, 0.2) is 0 Å². The number of nitrogens with zero attached hydrogens (tertiary/aromatic N) is 4. The van der Waals surface area contributed by atoms with E-state index in [1.807, 2.05) is 29.1 Å². The largest absolute Gasteiger partial charge is 0.467 e. The molecule has 6 nitrogen and oxygen atoms in total. The lowest BCUT2D eigenvalue weighted by atomic mass is 10.1. The molecular weight excluding hydrogens is 348 g/mol. The van der Waals surface area contributed by atoms with Gasteiger partial charge in [0.05, 0.1) is 31.3 Å². The van der Waals surface area contributed by atoms with Crippen LogP contribution in [0.4, 0.5) is 0 Å². The van der Waals surface area contributed by atoms with Crippen LogP contribution in [0.2, 0.25) is 0 Å². The average Bonchev–Trinajstić information content (AvgIpc) is 3.39. The normalized spacial score (nSPS) is 17.2. The first-order valence-corrected chi connectivity index (χ1v) is 9.69. The fraction of sp³-hybridized carbons (Fsp3) is 0.316. The molecule has 0 radical (unpaired) electrons. The van der Waals surface area contributed by atoms with Crippen LogP contribution in [0.15, 0.2) is 53.3 Å². The fourth-order valence-corrected chi connectivity index (χ4v) is 4.29. The molecule has 0 aliphatic carbocycles. The van der Waals surface area contributed by atoms with Crippen molar-refractivity contribution in [2.45, 2.75) is 31.8 Å². The maximum atomic E-state index is 12.3. The molecule has 26 heavy (non-hydrogen) atoms. The number of aryl methyl sites for hydroxylation is 1. The Bertz CT molecular complexity index is 891. The van der Waals surface area contributed by atoms with Gasteiger partial charge in [0.25, 0.3) is 0 Å². The average molecular weight is 368 g/mol. The van der Waals surface area contributed by atoms with Crippen LogP contribution in [0.5, 0.6) is 0 Å². The van der Waals surface area contributed by atoms with Crippen molar-refractivity contribution in [2.75, 3.05) is 5.75 Å². The SMILES string of the molecule is CCc1ccccc1Cn1cc([C@H]2SCC(=O)N2Cc2ccco2)nn1. The van der Waals surface area contributed by atoms with Crippen LogP contribution in [0, 0.1) is 0 Å². The molecule has 3 heterocycles. The molecule has 1 atom stereocenters. The first-order chi connectivity index (χ1) is 12.7. The molecule has 134 valence electrons. The minimum atomic E-state index is -0.122. The molecule has 3 aromatic rings. The van der Waals surface area contributed by atoms with Gasteiger partial charge in [-0.3, -0.25) is 4.79 Å². The van der Waals surface area contributed by atoms with Crippen molar-refractivity contribution < 1.29 is 9.21 Å². The Labute approximate surface area is 156 Å². The van der Waals surface area contributed by atoms with Crippen LogP contribution >= 0.6 is 11.8 Å². The highest BCUT2D eigenvalue weighted by molar-refractivity contribution is 8.00. The van der Waals surface area contributed by atoms with E-state index in [1.165, 1.54) is 11.1 Å². The molecule has 1 amide bonds. The number of hydrogen-bond acceptors (Lipinski definition) is 5. The van der Waals surface area contributed by atoms with Gasteiger partial charge >= 0.3 is 0 Å². The second-order valence-electron chi connectivity index (χ2n) is 6.23. The molecule has 4 rings (SSSR count). The number of amides is 1. The van der Waals surface area contributed by atoms with E-state index < -0.39 is 0 Å². The van der Waals surface area contributed by atoms with Gasteiger partial charge in [0.2, 0.25) is 5.91 Å². The zero-order valence-electron chi connectivity index (χ0n) is 14.5. The summed E-state index contributed by atoms with van der Waals surface area (Å²) >= 11 is 1.58. The van der Waals surface area contributed by atoms with E-state index in [0.717, 1.165) is 17.9 Å². The van der Waals surface area contributed by atoms with Gasteiger partial charge < -0.3 is 9.32 Å². The van der Waals surface area contributed by atoms with Crippen LogP contribution in [0.3, 0.4) is 0 Å². The summed E-state index contributed by atoms with van der Waals surface area (Å²) in [4.78, 5) is 14.1. The Hall–Kier alpha value is -2.54. The van der Waals surface area contributed by atoms with E-state index in [-0.39, 0.29) is 11.3 Å². The first-order valence-electron chi connectivity index (χ1n) is 8.65. The van der Waals surface area contributed by atoms with E-state index in [4.69, 9.17) is 4.42 Å². The predicted octanol–water partition coefficient (Wildman–Crippen LogP) is 3.26. The van der Waals surface area contributed by atoms with Crippen LogP contribution in [-0.4, -0.2) is 31.6 Å². The second kappa shape index (κ2) is 7.37. The Balaban J connectivity index is 1.52. The maximum absolute atomic E-state index is 12.3. The summed E-state index contributed by atoms with van der Waals surface area (Å²) in [7, 11) is 0. The molecule has 0 unspecified atom stereocenters. The first kappa shape index (κ1) is 16.9. The Morgan fingerprint density at radius 3 is 2.81 bits per heavy atom. The smallest absolute Gasteiger partial charge is 0.234 e. The minimum absolute atomic E-state index is 0.0993. The Kier molecular flexibility index (Phi) is 4.79. The van der Waals surface area contributed by atoms with Crippen molar-refractivity contribution in [2.24, 2.45) is 0 Å². The predicted molar refractivity (Wildman–Crippen MR) is 99.4 cm³/mol. The van der Waals surface area contributed by atoms with Crippen molar-refractivity contribution in [3.63, 3.8) is 0 Å². The van der Waals surface area contributed by atoms with E-state index in [2.05, 4.69) is 35.4 Å². The van der Waals surface area contributed by atoms with Crippen molar-refractivity contribution in [1.29, 1.82) is 0 Å². The lowest BCUT2D eigenvalue weighted by molar-refractivity contribution is -0.128. The number of carbonyl (C=O) groups excluding carboxylic acids is 1. The number of rotatable bonds is 6. The molecule has 0 saturated carbocycles. The molecule has 7 heteroatoms. The van der Waals surface area contributed by atoms with Crippen LogP contribution < -0.4 is 0 Å². The van der Waals surface area contributed by atoms with E-state index >= 15 is 0 Å². The number of thioether (sulfide) groups is 1. The van der Waals surface area contributed by atoms with Crippen molar-refractivity contribution in [3.05, 3.63) is 71.4 Å². The van der Waals surface area contributed by atoms with Gasteiger partial charge in [0, 0.05) is 0 Å². The lowest BCUT2D eigenvalue weighted by Crippen LogP contribution is -2.27. The summed E-state index contributed by atoms with van der Waals surface area (Å²) in [5.74, 6) is 1.33. The van der Waals surface area contributed by atoms with E-state index in [0.29, 0.717) is 18.8 Å². The van der Waals surface area contributed by atoms with Crippen molar-refractivity contribution in [3.8, 4) is 0 Å². The standard InChI is InChI=1S/C19H20N4O2S/c1-2-14-6-3-4-7-15(14)10-22-12-17(20-21-22)19-23(18(24)13-26-19)11-16-8-5-9-25-16/h3-9,12,19H,2,10-11,13H2,1H3/t19-/m1/s1. The summed E-state index contributed by atoms with van der Waals surface area (Å²) in [5, 5.41) is 8.49. The van der Waals surface area contributed by atoms with Crippen LogP contribution in [0.1, 0.15) is 34.9 Å². The molecule has 1 fully saturated rings. The topological polar surface area (TPSA) is 64.2 Å². The maximum Gasteiger partial charge on any atom is 0.234 e. The molecule has 1 aromatic carbocycles. The molecular formula is C19H20N4O2S. The van der Waals surface area contributed by atoms with Gasteiger partial charge in [-0.15, -0.1) is 16.9 Å². The zero-order valence-corrected chi connectivity index (χ0v) is 15.4. The zero-order chi connectivity index (χ0) is 17.9. The highest BCUT2D eigenvalue weighted by Crippen LogP contribution is 2.38. The number of furan rings is 1. The highest BCUT2D eigenvalue weighted by Gasteiger charge is 2.35. The summed E-state index contributed by atoms with van der Waals surface area (Å²) < 4.78 is 7.24. The summed E-state index contributed by atoms with van der Waals surface area (Å²) in [6, 6.07) is 12.1. The number of aromatic nitrogens is 3. The van der Waals surface area contributed by atoms with Crippen molar-refractivity contribution >= 4 is 17.7 Å². The van der Waals surface area contributed by atoms with Gasteiger partial charge in [-0.25, -0.2) is 4.68 Å². The number of benzene rings is 1. The molecule has 0 bridgehead atoms. The van der Waals surface area contributed by atoms with Gasteiger partial charge in [-0.2, -0.15) is 0 Å². The summed E-state index contributed by atoms with van der Waals surface area (Å²) in [5.41, 5.74) is 3.37. The molecule has 0 N–H and O–H groups in total. The number of carbonyl (C=O) groups is 1. The third kappa shape index (κ3) is 3.39. The highest BCUT2D eigenvalue weighted by atomic mass is 32.2. The fourth-order valence-electron chi connectivity index (χ4n) is 3.18. The van der Waals surface area contributed by atoms with Crippen molar-refractivity contribution in [1.82, 2.24) is 19.9 Å². The van der Waals surface area contributed by atoms with Crippen LogP contribution in [-0.2, 0) is 24.3 Å². The molecule has 1 saturated heterocycles. The van der Waals surface area contributed by atoms with Gasteiger partial charge in [-0.1, -0.05) is 36.4 Å². The monoisotopic (exact) mass is 368 g/mol. The summed E-state index contributed by atoms with van der Waals surface area (Å²) in [6.07, 6.45) is 4.55. The van der Waals surface area contributed by atoms with Crippen LogP contribution in [0.25, 0.3) is 0 Å². The molecule has 0 spiro atoms. The quantitative estimate of drug-likeness (QED) is 0.668. The van der Waals surface area contributed by atoms with Gasteiger partial charge in [0.1, 0.15) is 16.8 Å². The summed E-state index contributed by atoms with van der Waals surface area (Å²) in [6.45, 7) is 3.29. The Morgan fingerprint density at radius 1 is 1.19 bits per heavy atom. The lowest BCUT2D eigenvalue weighted by Gasteiger charge is -2.20. The number of hydrogen-bond donors (Lipinski definition) is 0. The van der Waals surface area contributed by atoms with E-state index in [1.54, 1.807) is 22.9 Å². The minimum Gasteiger partial charge on any atom is -0.467 e. The molecule has 1 aliphatic heterocycles. The molecule has 2 aromatic heterocycles. The van der Waals surface area contributed by atoms with Gasteiger partial charge in [-0.05, 0) is 29.7 Å². The Morgan fingerprint density at radius 2 is 2.04 bits per heavy atom. The third-order valence-electron chi connectivity index (χ3n) is 4.52. The van der Waals surface area contributed by atoms with E-state index in [9.17, 15) is 4.79 Å². The molecule has 1 aliphatic rings.